The number of nitrogen functional groups attached to an aromatic ring is 1. The summed E-state index contributed by atoms with van der Waals surface area (Å²) in [5.41, 5.74) is 5.12. The fraction of sp³-hybridized carbons (Fsp3) is 0.154. The summed E-state index contributed by atoms with van der Waals surface area (Å²) in [4.78, 5) is 11.8. The van der Waals surface area contributed by atoms with Crippen LogP contribution in [0.3, 0.4) is 0 Å². The van der Waals surface area contributed by atoms with Gasteiger partial charge in [-0.3, -0.25) is 4.79 Å². The first kappa shape index (κ1) is 13.7. The summed E-state index contributed by atoms with van der Waals surface area (Å²) in [6.07, 6.45) is 1.21. The zero-order valence-corrected chi connectivity index (χ0v) is 11.4. The lowest BCUT2D eigenvalue weighted by molar-refractivity contribution is -0.0231. The summed E-state index contributed by atoms with van der Waals surface area (Å²) in [7, 11) is 0. The van der Waals surface area contributed by atoms with Gasteiger partial charge < -0.3 is 10.3 Å². The van der Waals surface area contributed by atoms with Crippen LogP contribution in [-0.2, 0) is 12.5 Å². The molecule has 0 radical (unpaired) electrons. The molecule has 100 valence electrons. The Morgan fingerprint density at radius 2 is 1.89 bits per heavy atom. The number of hydrogen-bond acceptors (Lipinski definition) is 2. The Kier molecular flexibility index (Phi) is 3.71. The van der Waals surface area contributed by atoms with E-state index in [2.05, 4.69) is 15.9 Å². The Morgan fingerprint density at radius 1 is 1.26 bits per heavy atom. The summed E-state index contributed by atoms with van der Waals surface area (Å²) in [6.45, 7) is -0.751. The first-order chi connectivity index (χ1) is 8.90. The zero-order valence-electron chi connectivity index (χ0n) is 9.82. The normalized spacial score (nSPS) is 11.5. The summed E-state index contributed by atoms with van der Waals surface area (Å²) >= 11 is 3.00. The molecule has 0 aliphatic heterocycles. The van der Waals surface area contributed by atoms with Crippen molar-refractivity contribution in [2.45, 2.75) is 12.5 Å². The minimum Gasteiger partial charge on any atom is -0.398 e. The number of pyridine rings is 1. The monoisotopic (exact) mass is 328 g/mol. The van der Waals surface area contributed by atoms with Crippen LogP contribution < -0.4 is 11.3 Å². The van der Waals surface area contributed by atoms with Crippen molar-refractivity contribution in [2.24, 2.45) is 0 Å². The van der Waals surface area contributed by atoms with Gasteiger partial charge in [0.2, 0.25) is 0 Å². The molecule has 1 aromatic heterocycles. The van der Waals surface area contributed by atoms with Crippen LogP contribution in [0.2, 0.25) is 0 Å². The number of hydrogen-bond donors (Lipinski definition) is 1. The summed E-state index contributed by atoms with van der Waals surface area (Å²) in [6, 6.07) is 8.75. The molecular weight excluding hydrogens is 318 g/mol. The average molecular weight is 329 g/mol. The molecule has 19 heavy (non-hydrogen) atoms. The van der Waals surface area contributed by atoms with E-state index in [1.807, 2.05) is 0 Å². The van der Waals surface area contributed by atoms with E-state index in [9.17, 15) is 13.6 Å². The van der Waals surface area contributed by atoms with E-state index in [0.717, 1.165) is 4.57 Å². The van der Waals surface area contributed by atoms with Gasteiger partial charge in [0, 0.05) is 17.4 Å². The second-order valence-corrected chi connectivity index (χ2v) is 4.98. The molecule has 0 bridgehead atoms. The Labute approximate surface area is 116 Å². The van der Waals surface area contributed by atoms with E-state index < -0.39 is 18.0 Å². The van der Waals surface area contributed by atoms with Gasteiger partial charge in [-0.15, -0.1) is 0 Å². The Balaban J connectivity index is 2.39. The minimum atomic E-state index is -3.14. The van der Waals surface area contributed by atoms with Crippen LogP contribution in [0.1, 0.15) is 5.56 Å². The van der Waals surface area contributed by atoms with E-state index in [-0.39, 0.29) is 15.7 Å². The van der Waals surface area contributed by atoms with Gasteiger partial charge in [0.15, 0.2) is 0 Å². The summed E-state index contributed by atoms with van der Waals surface area (Å²) in [5.74, 6) is -3.14. The molecule has 0 amide bonds. The van der Waals surface area contributed by atoms with Gasteiger partial charge in [-0.25, -0.2) is 0 Å². The van der Waals surface area contributed by atoms with Crippen molar-refractivity contribution in [3.63, 3.8) is 0 Å². The van der Waals surface area contributed by atoms with Crippen molar-refractivity contribution in [1.82, 2.24) is 4.57 Å². The highest BCUT2D eigenvalue weighted by Crippen LogP contribution is 2.29. The van der Waals surface area contributed by atoms with Crippen molar-refractivity contribution >= 4 is 21.6 Å². The highest BCUT2D eigenvalue weighted by Gasteiger charge is 2.32. The molecule has 1 heterocycles. The molecule has 2 aromatic rings. The molecule has 0 aliphatic carbocycles. The molecule has 0 saturated heterocycles. The molecule has 2 rings (SSSR count). The van der Waals surface area contributed by atoms with Crippen LogP contribution in [0.25, 0.3) is 0 Å². The lowest BCUT2D eigenvalue weighted by Crippen LogP contribution is -2.29. The van der Waals surface area contributed by atoms with E-state index >= 15 is 0 Å². The number of halogens is 3. The van der Waals surface area contributed by atoms with Crippen molar-refractivity contribution in [2.75, 3.05) is 5.73 Å². The summed E-state index contributed by atoms with van der Waals surface area (Å²) in [5, 5.41) is 0. The number of aromatic nitrogens is 1. The van der Waals surface area contributed by atoms with Crippen molar-refractivity contribution in [1.29, 1.82) is 0 Å². The summed E-state index contributed by atoms with van der Waals surface area (Å²) < 4.78 is 29.2. The fourth-order valence-corrected chi connectivity index (χ4v) is 2.22. The number of nitrogens with two attached hydrogens (primary N) is 1. The minimum absolute atomic E-state index is 0.138. The molecule has 0 saturated carbocycles. The largest absolute Gasteiger partial charge is 0.398 e. The fourth-order valence-electron chi connectivity index (χ4n) is 1.73. The molecule has 1 aromatic carbocycles. The second-order valence-electron chi connectivity index (χ2n) is 4.12. The van der Waals surface area contributed by atoms with Gasteiger partial charge >= 0.3 is 0 Å². The molecule has 0 spiro atoms. The quantitative estimate of drug-likeness (QED) is 0.941. The lowest BCUT2D eigenvalue weighted by atomic mass is 10.1. The van der Waals surface area contributed by atoms with Crippen LogP contribution in [0.15, 0.2) is 51.9 Å². The maximum Gasteiger partial charge on any atom is 0.290 e. The first-order valence-corrected chi connectivity index (χ1v) is 6.28. The van der Waals surface area contributed by atoms with Gasteiger partial charge in [0.05, 0.1) is 11.0 Å². The number of nitrogens with zero attached hydrogens (tertiary/aromatic N) is 1. The van der Waals surface area contributed by atoms with E-state index in [1.165, 1.54) is 36.5 Å². The molecule has 0 unspecified atom stereocenters. The topological polar surface area (TPSA) is 48.0 Å². The van der Waals surface area contributed by atoms with Crippen LogP contribution >= 0.6 is 15.9 Å². The predicted octanol–water partition coefficient (Wildman–Crippen LogP) is 2.99. The Morgan fingerprint density at radius 3 is 2.53 bits per heavy atom. The number of alkyl halides is 2. The van der Waals surface area contributed by atoms with Crippen LogP contribution in [0, 0.1) is 0 Å². The molecule has 2 N–H and O–H groups in total. The highest BCUT2D eigenvalue weighted by atomic mass is 79.9. The van der Waals surface area contributed by atoms with Gasteiger partial charge in [-0.1, -0.05) is 30.3 Å². The smallest absolute Gasteiger partial charge is 0.290 e. The van der Waals surface area contributed by atoms with Crippen LogP contribution in [-0.4, -0.2) is 4.57 Å². The van der Waals surface area contributed by atoms with E-state index in [1.54, 1.807) is 6.07 Å². The van der Waals surface area contributed by atoms with Crippen LogP contribution in [0.5, 0.6) is 0 Å². The van der Waals surface area contributed by atoms with Crippen molar-refractivity contribution < 1.29 is 8.78 Å². The number of rotatable bonds is 3. The standard InChI is InChI=1S/C13H11BrF2N2O/c14-11-6-10(17)7-18(12(11)19)8-13(15,16)9-4-2-1-3-5-9/h1-7H,8,17H2. The van der Waals surface area contributed by atoms with E-state index in [0.29, 0.717) is 0 Å². The molecule has 6 heteroatoms. The van der Waals surface area contributed by atoms with E-state index in [4.69, 9.17) is 5.73 Å². The van der Waals surface area contributed by atoms with Crippen LogP contribution in [0.4, 0.5) is 14.5 Å². The number of benzene rings is 1. The first-order valence-electron chi connectivity index (χ1n) is 5.49. The number of anilines is 1. The zero-order chi connectivity index (χ0) is 14.0. The molecule has 0 atom stereocenters. The molecule has 0 fully saturated rings. The average Bonchev–Trinajstić information content (AvgIpc) is 2.36. The maximum atomic E-state index is 14.1. The van der Waals surface area contributed by atoms with Gasteiger partial charge in [-0.05, 0) is 22.0 Å². The SMILES string of the molecule is Nc1cc(Br)c(=O)n(CC(F)(F)c2ccccc2)c1. The predicted molar refractivity (Wildman–Crippen MR) is 73.2 cm³/mol. The van der Waals surface area contributed by atoms with Gasteiger partial charge in [0.1, 0.15) is 0 Å². The Hall–Kier alpha value is -1.69. The molecule has 0 aliphatic rings. The van der Waals surface area contributed by atoms with Gasteiger partial charge in [0.25, 0.3) is 11.5 Å². The third-order valence-corrected chi connectivity index (χ3v) is 3.20. The molecular formula is C13H11BrF2N2O. The van der Waals surface area contributed by atoms with Crippen molar-refractivity contribution in [3.8, 4) is 0 Å². The van der Waals surface area contributed by atoms with Gasteiger partial charge in [-0.2, -0.15) is 8.78 Å². The lowest BCUT2D eigenvalue weighted by Gasteiger charge is -2.18. The molecule has 3 nitrogen and oxygen atoms in total. The van der Waals surface area contributed by atoms with Crippen molar-refractivity contribution in [3.05, 3.63) is 63.0 Å². The third-order valence-electron chi connectivity index (χ3n) is 2.63. The second kappa shape index (κ2) is 5.13. The highest BCUT2D eigenvalue weighted by molar-refractivity contribution is 9.10. The maximum absolute atomic E-state index is 14.1. The Bertz CT molecular complexity index is 641. The third kappa shape index (κ3) is 3.01.